The van der Waals surface area contributed by atoms with Crippen LogP contribution in [0.15, 0.2) is 12.1 Å². The van der Waals surface area contributed by atoms with Crippen LogP contribution in [-0.2, 0) is 6.54 Å². The van der Waals surface area contributed by atoms with Gasteiger partial charge in [-0.05, 0) is 25.8 Å². The van der Waals surface area contributed by atoms with Crippen molar-refractivity contribution in [3.63, 3.8) is 0 Å². The quantitative estimate of drug-likeness (QED) is 0.776. The summed E-state index contributed by atoms with van der Waals surface area (Å²) in [6.45, 7) is 4.24. The zero-order valence-electron chi connectivity index (χ0n) is 9.69. The molecule has 1 aliphatic rings. The number of nitrogens with zero attached hydrogens (tertiary/aromatic N) is 2. The van der Waals surface area contributed by atoms with Gasteiger partial charge in [0.25, 0.3) is 0 Å². The molecule has 0 aromatic carbocycles. The smallest absolute Gasteiger partial charge is 0.133 e. The highest BCUT2D eigenvalue weighted by Crippen LogP contribution is 2.22. The lowest BCUT2D eigenvalue weighted by atomic mass is 10.1. The Labute approximate surface area is 96.1 Å². The van der Waals surface area contributed by atoms with E-state index in [0.29, 0.717) is 6.54 Å². The van der Waals surface area contributed by atoms with E-state index in [2.05, 4.69) is 9.88 Å². The van der Waals surface area contributed by atoms with Crippen LogP contribution in [-0.4, -0.2) is 29.3 Å². The lowest BCUT2D eigenvalue weighted by Gasteiger charge is -2.31. The first-order valence-corrected chi connectivity index (χ1v) is 5.80. The van der Waals surface area contributed by atoms with Gasteiger partial charge >= 0.3 is 0 Å². The number of pyridine rings is 1. The standard InChI is InChI=1S/C12H19N3O/c1-9-2-3-10(8-13)12(14-9)15-6-4-11(16)5-7-15/h2-3,11,16H,4-8,13H2,1H3. The van der Waals surface area contributed by atoms with Gasteiger partial charge in [0.05, 0.1) is 6.10 Å². The minimum Gasteiger partial charge on any atom is -0.393 e. The highest BCUT2D eigenvalue weighted by atomic mass is 16.3. The maximum Gasteiger partial charge on any atom is 0.133 e. The van der Waals surface area contributed by atoms with Crippen LogP contribution in [0.4, 0.5) is 5.82 Å². The summed E-state index contributed by atoms with van der Waals surface area (Å²) in [6.07, 6.45) is 1.49. The van der Waals surface area contributed by atoms with Crippen LogP contribution in [0.25, 0.3) is 0 Å². The largest absolute Gasteiger partial charge is 0.393 e. The van der Waals surface area contributed by atoms with Crippen LogP contribution >= 0.6 is 0 Å². The molecule has 0 amide bonds. The molecule has 0 spiro atoms. The minimum atomic E-state index is -0.151. The Bertz CT molecular complexity index is 359. The summed E-state index contributed by atoms with van der Waals surface area (Å²) in [4.78, 5) is 6.78. The summed E-state index contributed by atoms with van der Waals surface area (Å²) < 4.78 is 0. The Morgan fingerprint density at radius 3 is 2.75 bits per heavy atom. The second-order valence-corrected chi connectivity index (χ2v) is 4.36. The molecule has 0 saturated carbocycles. The third kappa shape index (κ3) is 2.33. The average Bonchev–Trinajstić information content (AvgIpc) is 2.30. The Kier molecular flexibility index (Phi) is 3.41. The third-order valence-corrected chi connectivity index (χ3v) is 3.08. The summed E-state index contributed by atoms with van der Waals surface area (Å²) >= 11 is 0. The lowest BCUT2D eigenvalue weighted by molar-refractivity contribution is 0.145. The summed E-state index contributed by atoms with van der Waals surface area (Å²) in [7, 11) is 0. The Hall–Kier alpha value is -1.13. The number of aliphatic hydroxyl groups excluding tert-OH is 1. The van der Waals surface area contributed by atoms with Gasteiger partial charge in [-0.2, -0.15) is 0 Å². The van der Waals surface area contributed by atoms with Crippen molar-refractivity contribution in [3.8, 4) is 0 Å². The van der Waals surface area contributed by atoms with Crippen LogP contribution in [0.2, 0.25) is 0 Å². The van der Waals surface area contributed by atoms with Crippen molar-refractivity contribution in [3.05, 3.63) is 23.4 Å². The zero-order chi connectivity index (χ0) is 11.5. The van der Waals surface area contributed by atoms with E-state index in [1.165, 1.54) is 0 Å². The molecule has 1 aromatic rings. The second kappa shape index (κ2) is 4.80. The number of nitrogens with two attached hydrogens (primary N) is 1. The molecule has 0 aliphatic carbocycles. The molecule has 1 fully saturated rings. The predicted molar refractivity (Wildman–Crippen MR) is 64.3 cm³/mol. The first-order chi connectivity index (χ1) is 7.70. The van der Waals surface area contributed by atoms with Crippen molar-refractivity contribution in [2.75, 3.05) is 18.0 Å². The predicted octanol–water partition coefficient (Wildman–Crippen LogP) is 0.810. The fourth-order valence-corrected chi connectivity index (χ4v) is 2.08. The fraction of sp³-hybridized carbons (Fsp3) is 0.583. The third-order valence-electron chi connectivity index (χ3n) is 3.08. The highest BCUT2D eigenvalue weighted by Gasteiger charge is 2.19. The van der Waals surface area contributed by atoms with Gasteiger partial charge in [0.1, 0.15) is 5.82 Å². The van der Waals surface area contributed by atoms with Gasteiger partial charge in [-0.1, -0.05) is 6.07 Å². The van der Waals surface area contributed by atoms with E-state index in [1.807, 2.05) is 19.1 Å². The number of hydrogen-bond acceptors (Lipinski definition) is 4. The molecule has 3 N–H and O–H groups in total. The van der Waals surface area contributed by atoms with Gasteiger partial charge in [-0.15, -0.1) is 0 Å². The summed E-state index contributed by atoms with van der Waals surface area (Å²) in [6, 6.07) is 4.03. The van der Waals surface area contributed by atoms with E-state index in [-0.39, 0.29) is 6.10 Å². The summed E-state index contributed by atoms with van der Waals surface area (Å²) in [5, 5.41) is 9.48. The first-order valence-electron chi connectivity index (χ1n) is 5.80. The SMILES string of the molecule is Cc1ccc(CN)c(N2CCC(O)CC2)n1. The second-order valence-electron chi connectivity index (χ2n) is 4.36. The molecule has 88 valence electrons. The number of aliphatic hydroxyl groups is 1. The van der Waals surface area contributed by atoms with Gasteiger partial charge in [0.15, 0.2) is 0 Å². The highest BCUT2D eigenvalue weighted by molar-refractivity contribution is 5.48. The van der Waals surface area contributed by atoms with Crippen molar-refractivity contribution in [1.82, 2.24) is 4.98 Å². The molecule has 0 atom stereocenters. The van der Waals surface area contributed by atoms with Gasteiger partial charge < -0.3 is 15.7 Å². The number of aromatic nitrogens is 1. The molecule has 2 rings (SSSR count). The van der Waals surface area contributed by atoms with E-state index >= 15 is 0 Å². The Morgan fingerprint density at radius 1 is 1.44 bits per heavy atom. The fourth-order valence-electron chi connectivity index (χ4n) is 2.08. The van der Waals surface area contributed by atoms with Gasteiger partial charge in [-0.3, -0.25) is 0 Å². The number of piperidine rings is 1. The molecule has 2 heterocycles. The van der Waals surface area contributed by atoms with Crippen molar-refractivity contribution in [2.45, 2.75) is 32.4 Å². The molecule has 1 aliphatic heterocycles. The van der Waals surface area contributed by atoms with Crippen LogP contribution in [0.5, 0.6) is 0 Å². The summed E-state index contributed by atoms with van der Waals surface area (Å²) in [5.74, 6) is 0.995. The van der Waals surface area contributed by atoms with Crippen LogP contribution in [0.3, 0.4) is 0 Å². The molecule has 4 nitrogen and oxygen atoms in total. The number of hydrogen-bond donors (Lipinski definition) is 2. The number of aryl methyl sites for hydroxylation is 1. The molecule has 1 saturated heterocycles. The molecular formula is C12H19N3O. The van der Waals surface area contributed by atoms with Gasteiger partial charge in [-0.25, -0.2) is 4.98 Å². The number of rotatable bonds is 2. The molecule has 1 aromatic heterocycles. The van der Waals surface area contributed by atoms with Gasteiger partial charge in [0, 0.05) is 30.9 Å². The number of anilines is 1. The average molecular weight is 221 g/mol. The maximum absolute atomic E-state index is 9.48. The van der Waals surface area contributed by atoms with Crippen molar-refractivity contribution < 1.29 is 5.11 Å². The maximum atomic E-state index is 9.48. The van der Waals surface area contributed by atoms with E-state index < -0.39 is 0 Å². The van der Waals surface area contributed by atoms with Crippen molar-refractivity contribution in [1.29, 1.82) is 0 Å². The Balaban J connectivity index is 2.21. The first kappa shape index (κ1) is 11.4. The monoisotopic (exact) mass is 221 g/mol. The molecular weight excluding hydrogens is 202 g/mol. The van der Waals surface area contributed by atoms with Crippen LogP contribution < -0.4 is 10.6 Å². The van der Waals surface area contributed by atoms with Crippen molar-refractivity contribution in [2.24, 2.45) is 5.73 Å². The minimum absolute atomic E-state index is 0.151. The van der Waals surface area contributed by atoms with Crippen LogP contribution in [0, 0.1) is 6.92 Å². The Morgan fingerprint density at radius 2 is 2.12 bits per heavy atom. The normalized spacial score (nSPS) is 17.8. The molecule has 16 heavy (non-hydrogen) atoms. The molecule has 0 unspecified atom stereocenters. The molecule has 4 heteroatoms. The van der Waals surface area contributed by atoms with Crippen molar-refractivity contribution >= 4 is 5.82 Å². The summed E-state index contributed by atoms with van der Waals surface area (Å²) in [5.41, 5.74) is 7.82. The van der Waals surface area contributed by atoms with Gasteiger partial charge in [0.2, 0.25) is 0 Å². The van der Waals surface area contributed by atoms with E-state index in [0.717, 1.165) is 43.0 Å². The van der Waals surface area contributed by atoms with Crippen LogP contribution in [0.1, 0.15) is 24.1 Å². The zero-order valence-corrected chi connectivity index (χ0v) is 9.69. The molecule has 0 bridgehead atoms. The lowest BCUT2D eigenvalue weighted by Crippen LogP contribution is -2.37. The topological polar surface area (TPSA) is 62.4 Å². The van der Waals surface area contributed by atoms with E-state index in [9.17, 15) is 5.11 Å². The van der Waals surface area contributed by atoms with E-state index in [4.69, 9.17) is 5.73 Å². The van der Waals surface area contributed by atoms with E-state index in [1.54, 1.807) is 0 Å². The molecule has 0 radical (unpaired) electrons.